The number of hydrogen-bond acceptors (Lipinski definition) is 3. The fourth-order valence-electron chi connectivity index (χ4n) is 1.47. The van der Waals surface area contributed by atoms with Gasteiger partial charge < -0.3 is 15.2 Å². The summed E-state index contributed by atoms with van der Waals surface area (Å²) in [5.74, 6) is -1.29. The number of H-pyrrole nitrogens is 1. The number of phenols is 1. The molecule has 0 radical (unpaired) electrons. The molecular weight excluding hydrogens is 278 g/mol. The van der Waals surface area contributed by atoms with Crippen molar-refractivity contribution in [3.63, 3.8) is 0 Å². The van der Waals surface area contributed by atoms with Gasteiger partial charge in [0.15, 0.2) is 0 Å². The van der Waals surface area contributed by atoms with E-state index in [-0.39, 0.29) is 21.2 Å². The average molecular weight is 284 g/mol. The molecule has 3 N–H and O–H groups in total. The molecule has 1 aromatic carbocycles. The summed E-state index contributed by atoms with van der Waals surface area (Å²) in [7, 11) is 0. The average Bonchev–Trinajstić information content (AvgIpc) is 2.20. The van der Waals surface area contributed by atoms with Crippen LogP contribution in [0.15, 0.2) is 27.5 Å². The monoisotopic (exact) mass is 283 g/mol. The third-order valence-electron chi connectivity index (χ3n) is 2.15. The van der Waals surface area contributed by atoms with Crippen LogP contribution in [0.2, 0.25) is 0 Å². The van der Waals surface area contributed by atoms with Crippen molar-refractivity contribution in [2.45, 2.75) is 0 Å². The predicted octanol–water partition coefficient (Wildman–Crippen LogP) is 1.69. The van der Waals surface area contributed by atoms with Crippen LogP contribution in [-0.2, 0) is 0 Å². The zero-order chi connectivity index (χ0) is 11.9. The number of nitrogens with one attached hydrogen (secondary N) is 1. The van der Waals surface area contributed by atoms with Crippen molar-refractivity contribution in [2.75, 3.05) is 0 Å². The lowest BCUT2D eigenvalue weighted by atomic mass is 10.1. The highest BCUT2D eigenvalue weighted by Gasteiger charge is 2.16. The molecule has 2 aromatic rings. The minimum absolute atomic E-state index is 0.0573. The first-order valence-corrected chi connectivity index (χ1v) is 5.08. The van der Waals surface area contributed by atoms with Crippen molar-refractivity contribution in [2.24, 2.45) is 0 Å². The topological polar surface area (TPSA) is 90.4 Å². The van der Waals surface area contributed by atoms with E-state index in [1.54, 1.807) is 0 Å². The van der Waals surface area contributed by atoms with E-state index in [4.69, 9.17) is 5.11 Å². The highest BCUT2D eigenvalue weighted by Crippen LogP contribution is 2.25. The van der Waals surface area contributed by atoms with Crippen molar-refractivity contribution < 1.29 is 15.0 Å². The molecule has 0 saturated heterocycles. The molecule has 1 heterocycles. The first kappa shape index (κ1) is 10.7. The number of carboxylic acid groups (broad SMARTS) is 1. The van der Waals surface area contributed by atoms with E-state index in [0.717, 1.165) is 0 Å². The number of carboxylic acids is 1. The number of aromatic carboxylic acids is 1. The summed E-state index contributed by atoms with van der Waals surface area (Å²) in [5, 5.41) is 18.6. The summed E-state index contributed by atoms with van der Waals surface area (Å²) >= 11 is 2.92. The number of aromatic amines is 1. The Bertz CT molecular complexity index is 647. The van der Waals surface area contributed by atoms with Gasteiger partial charge in [-0.15, -0.1) is 0 Å². The van der Waals surface area contributed by atoms with Crippen LogP contribution in [0.1, 0.15) is 10.4 Å². The largest absolute Gasteiger partial charge is 0.508 e. The van der Waals surface area contributed by atoms with Crippen LogP contribution in [0.3, 0.4) is 0 Å². The lowest BCUT2D eigenvalue weighted by Gasteiger charge is -2.04. The van der Waals surface area contributed by atoms with E-state index in [1.165, 1.54) is 18.2 Å². The molecule has 0 atom stereocenters. The molecule has 0 fully saturated rings. The molecule has 16 heavy (non-hydrogen) atoms. The molecule has 82 valence electrons. The Balaban J connectivity index is 3.02. The third-order valence-corrected chi connectivity index (χ3v) is 2.91. The number of phenolic OH excluding ortho intramolecular Hbond substituents is 1. The smallest absolute Gasteiger partial charge is 0.337 e. The van der Waals surface area contributed by atoms with Gasteiger partial charge in [0.2, 0.25) is 0 Å². The van der Waals surface area contributed by atoms with Gasteiger partial charge >= 0.3 is 5.97 Å². The van der Waals surface area contributed by atoms with Crippen LogP contribution < -0.4 is 5.56 Å². The first-order valence-electron chi connectivity index (χ1n) is 4.28. The van der Waals surface area contributed by atoms with Crippen LogP contribution in [0, 0.1) is 0 Å². The van der Waals surface area contributed by atoms with Gasteiger partial charge in [0.1, 0.15) is 5.75 Å². The molecule has 0 amide bonds. The van der Waals surface area contributed by atoms with Gasteiger partial charge in [-0.2, -0.15) is 0 Å². The Morgan fingerprint density at radius 1 is 1.38 bits per heavy atom. The molecule has 6 heteroatoms. The summed E-state index contributed by atoms with van der Waals surface area (Å²) in [4.78, 5) is 25.0. The zero-order valence-corrected chi connectivity index (χ0v) is 9.41. The van der Waals surface area contributed by atoms with E-state index in [1.807, 2.05) is 0 Å². The Hall–Kier alpha value is -1.82. The number of rotatable bonds is 1. The fraction of sp³-hybridized carbons (Fsp3) is 0. The van der Waals surface area contributed by atoms with Crippen LogP contribution in [-0.4, -0.2) is 21.2 Å². The maximum Gasteiger partial charge on any atom is 0.337 e. The van der Waals surface area contributed by atoms with Crippen molar-refractivity contribution in [1.29, 1.82) is 0 Å². The minimum atomic E-state index is -1.23. The van der Waals surface area contributed by atoms with Crippen molar-refractivity contribution in [3.05, 3.63) is 38.6 Å². The molecule has 2 rings (SSSR count). The number of carbonyl (C=O) groups is 1. The van der Waals surface area contributed by atoms with Crippen molar-refractivity contribution in [1.82, 2.24) is 4.98 Å². The van der Waals surface area contributed by atoms with Crippen LogP contribution in [0.4, 0.5) is 0 Å². The molecular formula is C10H6BrNO4. The fourth-order valence-corrected chi connectivity index (χ4v) is 1.95. The quantitative estimate of drug-likeness (QED) is 0.743. The third kappa shape index (κ3) is 1.57. The number of halogens is 1. The summed E-state index contributed by atoms with van der Waals surface area (Å²) < 4.78 is -0.0573. The summed E-state index contributed by atoms with van der Waals surface area (Å²) in [6.07, 6.45) is 0. The lowest BCUT2D eigenvalue weighted by molar-refractivity contribution is 0.0698. The summed E-state index contributed by atoms with van der Waals surface area (Å²) in [6, 6.07) is 4.11. The number of aromatic nitrogens is 1. The molecule has 0 saturated carbocycles. The van der Waals surface area contributed by atoms with Gasteiger partial charge in [-0.25, -0.2) is 4.79 Å². The maximum absolute atomic E-state index is 11.4. The predicted molar refractivity (Wildman–Crippen MR) is 60.9 cm³/mol. The van der Waals surface area contributed by atoms with Crippen LogP contribution in [0.25, 0.3) is 10.9 Å². The van der Waals surface area contributed by atoms with E-state index in [2.05, 4.69) is 20.9 Å². The second kappa shape index (κ2) is 3.64. The standard InChI is InChI=1S/C10H6BrNO4/c11-8-7(10(15)16)5-3-4(13)1-2-6(5)12-9(8)14/h1-3,13H,(H,12,14)(H,15,16). The second-order valence-corrected chi connectivity index (χ2v) is 3.97. The highest BCUT2D eigenvalue weighted by molar-refractivity contribution is 9.10. The molecule has 0 aliphatic rings. The Morgan fingerprint density at radius 3 is 2.69 bits per heavy atom. The summed E-state index contributed by atoms with van der Waals surface area (Å²) in [6.45, 7) is 0. The van der Waals surface area contributed by atoms with Gasteiger partial charge in [0.05, 0.1) is 10.0 Å². The molecule has 1 aromatic heterocycles. The van der Waals surface area contributed by atoms with Gasteiger partial charge in [0.25, 0.3) is 5.56 Å². The van der Waals surface area contributed by atoms with E-state index < -0.39 is 11.5 Å². The normalized spacial score (nSPS) is 10.6. The molecule has 0 aliphatic heterocycles. The number of pyridine rings is 1. The van der Waals surface area contributed by atoms with Gasteiger partial charge in [-0.05, 0) is 34.1 Å². The maximum atomic E-state index is 11.4. The Morgan fingerprint density at radius 2 is 2.06 bits per heavy atom. The Kier molecular flexibility index (Phi) is 2.43. The van der Waals surface area contributed by atoms with Crippen molar-refractivity contribution >= 4 is 32.8 Å². The van der Waals surface area contributed by atoms with Crippen LogP contribution >= 0.6 is 15.9 Å². The molecule has 5 nitrogen and oxygen atoms in total. The van der Waals surface area contributed by atoms with Gasteiger partial charge in [0, 0.05) is 10.9 Å². The SMILES string of the molecule is O=C(O)c1c(Br)c(=O)[nH]c2ccc(O)cc12. The first-order chi connectivity index (χ1) is 7.50. The van der Waals surface area contributed by atoms with E-state index in [0.29, 0.717) is 5.52 Å². The molecule has 0 unspecified atom stereocenters. The lowest BCUT2D eigenvalue weighted by Crippen LogP contribution is -2.13. The molecule has 0 spiro atoms. The number of benzene rings is 1. The number of hydrogen-bond donors (Lipinski definition) is 3. The van der Waals surface area contributed by atoms with E-state index in [9.17, 15) is 14.7 Å². The number of fused-ring (bicyclic) bond motifs is 1. The summed E-state index contributed by atoms with van der Waals surface area (Å²) in [5.41, 5.74) is -0.311. The molecule has 0 aliphatic carbocycles. The van der Waals surface area contributed by atoms with E-state index >= 15 is 0 Å². The molecule has 0 bridgehead atoms. The Labute approximate surface area is 97.5 Å². The van der Waals surface area contributed by atoms with Crippen LogP contribution in [0.5, 0.6) is 5.75 Å². The van der Waals surface area contributed by atoms with Crippen molar-refractivity contribution in [3.8, 4) is 5.75 Å². The second-order valence-electron chi connectivity index (χ2n) is 3.18. The number of aromatic hydroxyl groups is 1. The van der Waals surface area contributed by atoms with Gasteiger partial charge in [-0.1, -0.05) is 0 Å². The minimum Gasteiger partial charge on any atom is -0.508 e. The zero-order valence-electron chi connectivity index (χ0n) is 7.82. The van der Waals surface area contributed by atoms with Gasteiger partial charge in [-0.3, -0.25) is 4.79 Å². The highest BCUT2D eigenvalue weighted by atomic mass is 79.9.